The summed E-state index contributed by atoms with van der Waals surface area (Å²) in [5.74, 6) is 0. The van der Waals surface area contributed by atoms with Crippen molar-refractivity contribution < 1.29 is 14.3 Å². The van der Waals surface area contributed by atoms with Gasteiger partial charge in [0.25, 0.3) is 0 Å². The monoisotopic (exact) mass is 429 g/mol. The van der Waals surface area contributed by atoms with Crippen LogP contribution in [0.2, 0.25) is 0 Å². The number of halogens is 1. The maximum Gasteiger partial charge on any atom is 0.412 e. The predicted molar refractivity (Wildman–Crippen MR) is 97.6 cm³/mol. The number of ether oxygens (including phenoxy) is 2. The molecule has 1 aromatic rings. The number of benzene rings is 1. The Hall–Kier alpha value is -0.820. The molecule has 1 amide bonds. The molecule has 0 aliphatic carbocycles. The fourth-order valence-corrected chi connectivity index (χ4v) is 4.32. The lowest BCUT2D eigenvalue weighted by molar-refractivity contribution is -0.0476. The number of cyclic esters (lactones) is 1. The maximum atomic E-state index is 12.4. The van der Waals surface area contributed by atoms with Crippen molar-refractivity contribution in [2.75, 3.05) is 13.2 Å². The van der Waals surface area contributed by atoms with Crippen LogP contribution < -0.4 is 0 Å². The number of hydrogen-bond acceptors (Lipinski definition) is 3. The van der Waals surface area contributed by atoms with E-state index in [0.717, 1.165) is 25.0 Å². The minimum atomic E-state index is -0.248. The summed E-state index contributed by atoms with van der Waals surface area (Å²) in [5, 5.41) is 0. The summed E-state index contributed by atoms with van der Waals surface area (Å²) in [6, 6.07) is 10.1. The number of alkyl halides is 1. The molecule has 0 bridgehead atoms. The Morgan fingerprint density at radius 1 is 1.04 bits per heavy atom. The molecule has 0 saturated carbocycles. The first kappa shape index (κ1) is 17.0. The molecule has 0 aromatic heterocycles. The van der Waals surface area contributed by atoms with E-state index in [4.69, 9.17) is 9.47 Å². The normalized spacial score (nSPS) is 30.0. The van der Waals surface area contributed by atoms with Crippen molar-refractivity contribution in [1.82, 2.24) is 4.90 Å². The van der Waals surface area contributed by atoms with Crippen LogP contribution in [0.15, 0.2) is 30.3 Å². The Bertz CT molecular complexity index is 510. The molecule has 1 unspecified atom stereocenters. The van der Waals surface area contributed by atoms with Crippen LogP contribution in [0, 0.1) is 0 Å². The molecule has 0 radical (unpaired) electrons. The van der Waals surface area contributed by atoms with Gasteiger partial charge >= 0.3 is 6.09 Å². The van der Waals surface area contributed by atoms with Crippen molar-refractivity contribution in [3.63, 3.8) is 0 Å². The second kappa shape index (κ2) is 8.33. The van der Waals surface area contributed by atoms with E-state index in [0.29, 0.717) is 10.5 Å². The molecule has 0 N–H and O–H groups in total. The molecule has 23 heavy (non-hydrogen) atoms. The van der Waals surface area contributed by atoms with Crippen molar-refractivity contribution in [2.45, 2.75) is 54.7 Å². The van der Waals surface area contributed by atoms with Gasteiger partial charge in [0.1, 0.15) is 12.8 Å². The van der Waals surface area contributed by atoms with E-state index in [1.165, 1.54) is 25.7 Å². The fourth-order valence-electron chi connectivity index (χ4n) is 3.32. The van der Waals surface area contributed by atoms with E-state index in [-0.39, 0.29) is 18.4 Å². The zero-order valence-electron chi connectivity index (χ0n) is 13.3. The summed E-state index contributed by atoms with van der Waals surface area (Å²) < 4.78 is 11.8. The number of rotatable bonds is 2. The zero-order valence-corrected chi connectivity index (χ0v) is 15.5. The van der Waals surface area contributed by atoms with Gasteiger partial charge in [-0.05, 0) is 18.4 Å². The Balaban J connectivity index is 1.80. The van der Waals surface area contributed by atoms with Crippen LogP contribution in [-0.2, 0) is 9.47 Å². The highest BCUT2D eigenvalue weighted by molar-refractivity contribution is 14.1. The molecule has 2 fully saturated rings. The van der Waals surface area contributed by atoms with Crippen molar-refractivity contribution in [2.24, 2.45) is 0 Å². The average Bonchev–Trinajstić information content (AvgIpc) is 2.96. The van der Waals surface area contributed by atoms with Gasteiger partial charge in [-0.1, -0.05) is 78.6 Å². The average molecular weight is 429 g/mol. The third-order valence-electron chi connectivity index (χ3n) is 4.59. The minimum Gasteiger partial charge on any atom is -0.447 e. The molecule has 2 saturated heterocycles. The van der Waals surface area contributed by atoms with Crippen LogP contribution >= 0.6 is 22.6 Å². The Morgan fingerprint density at radius 2 is 1.78 bits per heavy atom. The first-order chi connectivity index (χ1) is 11.3. The number of hydrogen-bond donors (Lipinski definition) is 0. The minimum absolute atomic E-state index is 0.0473. The van der Waals surface area contributed by atoms with Gasteiger partial charge in [-0.15, -0.1) is 0 Å². The lowest BCUT2D eigenvalue weighted by Crippen LogP contribution is -2.45. The standard InChI is InChI=1S/C18H24INO3/c19-15-11-7-2-1-3-8-12-22-17(15)20-16(13-23-18(20)21)14-9-5-4-6-10-14/h4-6,9-10,15-17H,1-3,7-8,11-13H2/t15-,16+,17?/m1/s1. The summed E-state index contributed by atoms with van der Waals surface area (Å²) in [5.41, 5.74) is 1.11. The van der Waals surface area contributed by atoms with Gasteiger partial charge in [0.2, 0.25) is 0 Å². The molecule has 3 atom stereocenters. The highest BCUT2D eigenvalue weighted by Crippen LogP contribution is 2.34. The van der Waals surface area contributed by atoms with Crippen molar-refractivity contribution in [3.8, 4) is 0 Å². The first-order valence-corrected chi connectivity index (χ1v) is 9.77. The molecule has 5 heteroatoms. The molecular formula is C18H24INO3. The van der Waals surface area contributed by atoms with Crippen molar-refractivity contribution >= 4 is 28.7 Å². The molecule has 2 aliphatic heterocycles. The van der Waals surface area contributed by atoms with Crippen LogP contribution in [0.3, 0.4) is 0 Å². The van der Waals surface area contributed by atoms with Gasteiger partial charge in [0, 0.05) is 6.61 Å². The van der Waals surface area contributed by atoms with E-state index >= 15 is 0 Å². The molecule has 3 rings (SSSR count). The second-order valence-corrected chi connectivity index (χ2v) is 7.84. The van der Waals surface area contributed by atoms with Gasteiger partial charge in [0.05, 0.1) is 9.97 Å². The topological polar surface area (TPSA) is 38.8 Å². The molecule has 0 spiro atoms. The van der Waals surface area contributed by atoms with Gasteiger partial charge in [-0.25, -0.2) is 4.79 Å². The second-order valence-electron chi connectivity index (χ2n) is 6.24. The summed E-state index contributed by atoms with van der Waals surface area (Å²) in [6.07, 6.45) is 6.68. The lowest BCUT2D eigenvalue weighted by atomic mass is 10.0. The Kier molecular flexibility index (Phi) is 6.16. The SMILES string of the molecule is O=C1OC[C@@H](c2ccccc2)N1C1OCCCCCCC[C@H]1I. The largest absolute Gasteiger partial charge is 0.447 e. The molecule has 4 nitrogen and oxygen atoms in total. The zero-order chi connectivity index (χ0) is 16.1. The number of amides is 1. The van der Waals surface area contributed by atoms with E-state index in [1.807, 2.05) is 23.1 Å². The Labute approximate surface area is 151 Å². The summed E-state index contributed by atoms with van der Waals surface area (Å²) in [6.45, 7) is 1.13. The van der Waals surface area contributed by atoms with Crippen molar-refractivity contribution in [1.29, 1.82) is 0 Å². The van der Waals surface area contributed by atoms with Gasteiger partial charge < -0.3 is 9.47 Å². The van der Waals surface area contributed by atoms with Gasteiger partial charge in [-0.3, -0.25) is 4.90 Å². The highest BCUT2D eigenvalue weighted by Gasteiger charge is 2.42. The van der Waals surface area contributed by atoms with E-state index < -0.39 is 0 Å². The summed E-state index contributed by atoms with van der Waals surface area (Å²) >= 11 is 2.45. The summed E-state index contributed by atoms with van der Waals surface area (Å²) in [4.78, 5) is 14.2. The van der Waals surface area contributed by atoms with Crippen LogP contribution in [-0.4, -0.2) is 34.4 Å². The Morgan fingerprint density at radius 3 is 2.61 bits per heavy atom. The third-order valence-corrected chi connectivity index (χ3v) is 5.83. The number of carbonyl (C=O) groups excluding carboxylic acids is 1. The molecule has 2 aliphatic rings. The van der Waals surface area contributed by atoms with Crippen LogP contribution in [0.5, 0.6) is 0 Å². The van der Waals surface area contributed by atoms with Crippen LogP contribution in [0.4, 0.5) is 4.79 Å². The van der Waals surface area contributed by atoms with E-state index in [2.05, 4.69) is 34.7 Å². The molecular weight excluding hydrogens is 405 g/mol. The van der Waals surface area contributed by atoms with Gasteiger partial charge in [-0.2, -0.15) is 0 Å². The molecule has 126 valence electrons. The number of carbonyl (C=O) groups is 1. The van der Waals surface area contributed by atoms with Crippen molar-refractivity contribution in [3.05, 3.63) is 35.9 Å². The lowest BCUT2D eigenvalue weighted by Gasteiger charge is -2.34. The third kappa shape index (κ3) is 4.18. The summed E-state index contributed by atoms with van der Waals surface area (Å²) in [7, 11) is 0. The van der Waals surface area contributed by atoms with Crippen LogP contribution in [0.1, 0.15) is 50.1 Å². The first-order valence-electron chi connectivity index (χ1n) is 8.53. The molecule has 1 aromatic carbocycles. The quantitative estimate of drug-likeness (QED) is 0.506. The van der Waals surface area contributed by atoms with E-state index in [1.54, 1.807) is 0 Å². The van der Waals surface area contributed by atoms with E-state index in [9.17, 15) is 4.79 Å². The smallest absolute Gasteiger partial charge is 0.412 e. The predicted octanol–water partition coefficient (Wildman–Crippen LogP) is 4.68. The molecule has 2 heterocycles. The fraction of sp³-hybridized carbons (Fsp3) is 0.611. The highest BCUT2D eigenvalue weighted by atomic mass is 127. The number of nitrogens with zero attached hydrogens (tertiary/aromatic N) is 1. The maximum absolute atomic E-state index is 12.4. The van der Waals surface area contributed by atoms with Gasteiger partial charge in [0.15, 0.2) is 0 Å². The van der Waals surface area contributed by atoms with Crippen LogP contribution in [0.25, 0.3) is 0 Å².